The summed E-state index contributed by atoms with van der Waals surface area (Å²) >= 11 is 0. The van der Waals surface area contributed by atoms with Crippen LogP contribution in [0.25, 0.3) is 11.0 Å². The van der Waals surface area contributed by atoms with Gasteiger partial charge in [0.2, 0.25) is 5.91 Å². The third-order valence-electron chi connectivity index (χ3n) is 4.57. The van der Waals surface area contributed by atoms with Gasteiger partial charge in [-0.15, -0.1) is 6.58 Å². The highest BCUT2D eigenvalue weighted by Gasteiger charge is 2.28. The van der Waals surface area contributed by atoms with Crippen molar-refractivity contribution in [3.8, 4) is 6.07 Å². The Labute approximate surface area is 153 Å². The second-order valence-corrected chi connectivity index (χ2v) is 6.42. The maximum Gasteiger partial charge on any atom is 0.243 e. The fraction of sp³-hybridized carbons (Fsp3) is 0.400. The maximum atomic E-state index is 12.5. The van der Waals surface area contributed by atoms with Crippen LogP contribution in [0.4, 0.5) is 5.82 Å². The Kier molecular flexibility index (Phi) is 5.80. The zero-order chi connectivity index (χ0) is 18.4. The zero-order valence-electron chi connectivity index (χ0n) is 14.8. The summed E-state index contributed by atoms with van der Waals surface area (Å²) in [4.78, 5) is 24.1. The first kappa shape index (κ1) is 17.9. The molecule has 1 N–H and O–H groups in total. The molecule has 3 rings (SSSR count). The van der Waals surface area contributed by atoms with E-state index in [1.807, 2.05) is 24.3 Å². The minimum absolute atomic E-state index is 0.317. The van der Waals surface area contributed by atoms with Crippen molar-refractivity contribution in [2.75, 3.05) is 24.5 Å². The average molecular weight is 349 g/mol. The number of carbonyl (C=O) groups excluding carboxylic acids is 1. The predicted molar refractivity (Wildman–Crippen MR) is 102 cm³/mol. The summed E-state index contributed by atoms with van der Waals surface area (Å²) in [5, 5.41) is 12.4. The van der Waals surface area contributed by atoms with Crippen LogP contribution in [0.1, 0.15) is 37.3 Å². The first-order chi connectivity index (χ1) is 12.7. The Hall–Kier alpha value is -2.94. The normalized spacial score (nSPS) is 15.7. The van der Waals surface area contributed by atoms with Gasteiger partial charge in [0.25, 0.3) is 0 Å². The maximum absolute atomic E-state index is 12.5. The lowest BCUT2D eigenvalue weighted by Gasteiger charge is -2.25. The zero-order valence-corrected chi connectivity index (χ0v) is 14.8. The quantitative estimate of drug-likeness (QED) is 0.839. The molecule has 1 fully saturated rings. The number of nitrogens with zero attached hydrogens (tertiary/aromatic N) is 4. The molecule has 1 aromatic heterocycles. The molecule has 1 aromatic carbocycles. The van der Waals surface area contributed by atoms with Crippen molar-refractivity contribution in [1.29, 1.82) is 5.26 Å². The summed E-state index contributed by atoms with van der Waals surface area (Å²) in [6.45, 7) is 5.65. The molecule has 1 aliphatic rings. The summed E-state index contributed by atoms with van der Waals surface area (Å²) in [6.07, 6.45) is 6.12. The lowest BCUT2D eigenvalue weighted by molar-refractivity contribution is -0.121. The molecule has 0 bridgehead atoms. The summed E-state index contributed by atoms with van der Waals surface area (Å²) in [5.74, 6) is -0.704. The van der Waals surface area contributed by atoms with E-state index in [2.05, 4.69) is 27.8 Å². The van der Waals surface area contributed by atoms with Gasteiger partial charge in [0.05, 0.1) is 17.1 Å². The molecule has 1 atom stereocenters. The van der Waals surface area contributed by atoms with E-state index in [0.717, 1.165) is 31.4 Å². The van der Waals surface area contributed by atoms with Crippen molar-refractivity contribution in [2.24, 2.45) is 0 Å². The van der Waals surface area contributed by atoms with Crippen LogP contribution in [-0.4, -0.2) is 35.5 Å². The second-order valence-electron chi connectivity index (χ2n) is 6.42. The van der Waals surface area contributed by atoms with E-state index in [0.29, 0.717) is 23.6 Å². The molecule has 1 aliphatic heterocycles. The molecule has 6 nitrogen and oxygen atoms in total. The van der Waals surface area contributed by atoms with Crippen LogP contribution in [0.2, 0.25) is 0 Å². The van der Waals surface area contributed by atoms with Gasteiger partial charge in [-0.2, -0.15) is 5.26 Å². The van der Waals surface area contributed by atoms with E-state index in [1.54, 1.807) is 6.08 Å². The van der Waals surface area contributed by atoms with Gasteiger partial charge in [-0.05, 0) is 25.0 Å². The van der Waals surface area contributed by atoms with Crippen molar-refractivity contribution < 1.29 is 4.79 Å². The van der Waals surface area contributed by atoms with E-state index < -0.39 is 5.92 Å². The number of carbonyl (C=O) groups is 1. The standard InChI is InChI=1S/C20H23N5O/c1-2-11-22-20(26)15(14-21)18-19(25-12-7-3-4-8-13-25)24-17-10-6-5-9-16(17)23-18/h2,5-6,9-10,15H,1,3-4,7-8,11-13H2,(H,22,26)/t15-/m1/s1. The Morgan fingerprint density at radius 1 is 1.23 bits per heavy atom. The number of aromatic nitrogens is 2. The van der Waals surface area contributed by atoms with E-state index >= 15 is 0 Å². The van der Waals surface area contributed by atoms with Crippen LogP contribution in [0.15, 0.2) is 36.9 Å². The minimum Gasteiger partial charge on any atom is -0.355 e. The van der Waals surface area contributed by atoms with Crippen molar-refractivity contribution in [3.63, 3.8) is 0 Å². The van der Waals surface area contributed by atoms with Gasteiger partial charge >= 0.3 is 0 Å². The van der Waals surface area contributed by atoms with Gasteiger partial charge in [-0.25, -0.2) is 9.97 Å². The number of rotatable bonds is 5. The Balaban J connectivity index is 2.08. The van der Waals surface area contributed by atoms with Gasteiger partial charge in [0.1, 0.15) is 5.69 Å². The molecule has 0 spiro atoms. The molecule has 0 saturated carbocycles. The third kappa shape index (κ3) is 3.83. The van der Waals surface area contributed by atoms with Crippen molar-refractivity contribution in [2.45, 2.75) is 31.6 Å². The van der Waals surface area contributed by atoms with E-state index in [9.17, 15) is 10.1 Å². The van der Waals surface area contributed by atoms with Crippen molar-refractivity contribution >= 4 is 22.8 Å². The smallest absolute Gasteiger partial charge is 0.243 e. The summed E-state index contributed by atoms with van der Waals surface area (Å²) in [6, 6.07) is 9.67. The van der Waals surface area contributed by atoms with Crippen LogP contribution in [0.3, 0.4) is 0 Å². The van der Waals surface area contributed by atoms with Crippen LogP contribution in [0.5, 0.6) is 0 Å². The molecular weight excluding hydrogens is 326 g/mol. The number of benzene rings is 1. The first-order valence-electron chi connectivity index (χ1n) is 9.04. The highest BCUT2D eigenvalue weighted by molar-refractivity contribution is 5.88. The highest BCUT2D eigenvalue weighted by Crippen LogP contribution is 2.28. The van der Waals surface area contributed by atoms with Crippen LogP contribution in [-0.2, 0) is 4.79 Å². The molecule has 1 saturated heterocycles. The lowest BCUT2D eigenvalue weighted by atomic mass is 10.0. The summed E-state index contributed by atoms with van der Waals surface area (Å²) in [7, 11) is 0. The molecule has 2 aromatic rings. The molecule has 6 heteroatoms. The van der Waals surface area contributed by atoms with Gasteiger partial charge in [0, 0.05) is 19.6 Å². The minimum atomic E-state index is -0.995. The van der Waals surface area contributed by atoms with Crippen molar-refractivity contribution in [3.05, 3.63) is 42.6 Å². The molecule has 0 aliphatic carbocycles. The van der Waals surface area contributed by atoms with Crippen LogP contribution >= 0.6 is 0 Å². The topological polar surface area (TPSA) is 81.9 Å². The number of nitriles is 1. The van der Waals surface area contributed by atoms with E-state index in [-0.39, 0.29) is 5.91 Å². The fourth-order valence-electron chi connectivity index (χ4n) is 3.23. The fourth-order valence-corrected chi connectivity index (χ4v) is 3.23. The van der Waals surface area contributed by atoms with E-state index in [1.165, 1.54) is 12.8 Å². The summed E-state index contributed by atoms with van der Waals surface area (Å²) in [5.41, 5.74) is 1.91. The largest absolute Gasteiger partial charge is 0.355 e. The number of amides is 1. The molecule has 0 radical (unpaired) electrons. The molecule has 2 heterocycles. The molecule has 1 amide bonds. The molecule has 134 valence electrons. The van der Waals surface area contributed by atoms with Gasteiger partial charge in [-0.1, -0.05) is 31.1 Å². The SMILES string of the molecule is C=CCNC(=O)[C@H](C#N)c1nc2ccccc2nc1N1CCCCCC1. The Bertz CT molecular complexity index is 834. The number of anilines is 1. The van der Waals surface area contributed by atoms with Gasteiger partial charge in [-0.3, -0.25) is 4.79 Å². The number of para-hydroxylation sites is 2. The number of fused-ring (bicyclic) bond motifs is 1. The number of hydrogen-bond acceptors (Lipinski definition) is 5. The van der Waals surface area contributed by atoms with Crippen molar-refractivity contribution in [1.82, 2.24) is 15.3 Å². The van der Waals surface area contributed by atoms with E-state index in [4.69, 9.17) is 4.98 Å². The van der Waals surface area contributed by atoms with Gasteiger partial charge in [0.15, 0.2) is 11.7 Å². The van der Waals surface area contributed by atoms with Gasteiger partial charge < -0.3 is 10.2 Å². The lowest BCUT2D eigenvalue weighted by Crippen LogP contribution is -2.32. The first-order valence-corrected chi connectivity index (χ1v) is 9.04. The monoisotopic (exact) mass is 349 g/mol. The average Bonchev–Trinajstić information content (AvgIpc) is 2.95. The molecular formula is C20H23N5O. The molecule has 0 unspecified atom stereocenters. The third-order valence-corrected chi connectivity index (χ3v) is 4.57. The second kappa shape index (κ2) is 8.43. The number of nitrogens with one attached hydrogen (secondary N) is 1. The molecule has 26 heavy (non-hydrogen) atoms. The summed E-state index contributed by atoms with van der Waals surface area (Å²) < 4.78 is 0. The Morgan fingerprint density at radius 2 is 1.88 bits per heavy atom. The predicted octanol–water partition coefficient (Wildman–Crippen LogP) is 2.92. The van der Waals surface area contributed by atoms with Crippen LogP contribution in [0, 0.1) is 11.3 Å². The number of hydrogen-bond donors (Lipinski definition) is 1. The highest BCUT2D eigenvalue weighted by atomic mass is 16.1. The van der Waals surface area contributed by atoms with Crippen LogP contribution < -0.4 is 10.2 Å². The Morgan fingerprint density at radius 3 is 2.50 bits per heavy atom.